The molecule has 88 valence electrons. The van der Waals surface area contributed by atoms with Crippen molar-refractivity contribution in [1.82, 2.24) is 5.32 Å². The molecule has 16 heavy (non-hydrogen) atoms. The number of hydrogen-bond donors (Lipinski definition) is 3. The van der Waals surface area contributed by atoms with Gasteiger partial charge in [0.25, 0.3) is 5.91 Å². The van der Waals surface area contributed by atoms with E-state index in [9.17, 15) is 9.90 Å². The summed E-state index contributed by atoms with van der Waals surface area (Å²) >= 11 is 0. The van der Waals surface area contributed by atoms with Crippen LogP contribution in [0.3, 0.4) is 0 Å². The molecule has 0 bridgehead atoms. The van der Waals surface area contributed by atoms with Gasteiger partial charge in [0.1, 0.15) is 0 Å². The minimum absolute atomic E-state index is 0.143. The minimum atomic E-state index is -0.329. The van der Waals surface area contributed by atoms with E-state index < -0.39 is 0 Å². The Kier molecular flexibility index (Phi) is 4.60. The third-order valence-corrected chi connectivity index (χ3v) is 2.13. The number of carbonyl (C=O) groups excluding carboxylic acids is 1. The van der Waals surface area contributed by atoms with Crippen LogP contribution in [0.1, 0.15) is 16.8 Å². The van der Waals surface area contributed by atoms with Gasteiger partial charge in [-0.2, -0.15) is 0 Å². The van der Waals surface area contributed by atoms with Crippen LogP contribution in [0.15, 0.2) is 18.2 Å². The summed E-state index contributed by atoms with van der Waals surface area (Å²) in [4.78, 5) is 11.6. The second-order valence-corrected chi connectivity index (χ2v) is 3.25. The first-order chi connectivity index (χ1) is 7.70. The van der Waals surface area contributed by atoms with Gasteiger partial charge in [-0.25, -0.2) is 0 Å². The quantitative estimate of drug-likeness (QED) is 0.635. The average Bonchev–Trinajstić information content (AvgIpc) is 2.29. The Morgan fingerprint density at radius 2 is 2.31 bits per heavy atom. The molecule has 0 fully saturated rings. The first kappa shape index (κ1) is 12.3. The normalized spacial score (nSPS) is 9.88. The molecule has 0 heterocycles. The van der Waals surface area contributed by atoms with E-state index in [1.165, 1.54) is 13.2 Å². The van der Waals surface area contributed by atoms with Crippen molar-refractivity contribution in [3.05, 3.63) is 23.8 Å². The number of benzene rings is 1. The Morgan fingerprint density at radius 1 is 1.56 bits per heavy atom. The summed E-state index contributed by atoms with van der Waals surface area (Å²) < 4.78 is 4.91. The Balaban J connectivity index is 2.75. The summed E-state index contributed by atoms with van der Waals surface area (Å²) in [7, 11) is 1.44. The van der Waals surface area contributed by atoms with E-state index in [-0.39, 0.29) is 23.0 Å². The van der Waals surface area contributed by atoms with Crippen LogP contribution in [0.4, 0.5) is 0 Å². The Hall–Kier alpha value is -1.75. The predicted molar refractivity (Wildman–Crippen MR) is 60.7 cm³/mol. The first-order valence-corrected chi connectivity index (χ1v) is 5.05. The van der Waals surface area contributed by atoms with Crippen LogP contribution in [0.5, 0.6) is 11.5 Å². The molecule has 0 aliphatic carbocycles. The number of aromatic hydroxyl groups is 1. The van der Waals surface area contributed by atoms with Crippen LogP contribution in [-0.2, 0) is 0 Å². The van der Waals surface area contributed by atoms with Crippen LogP contribution >= 0.6 is 0 Å². The van der Waals surface area contributed by atoms with Gasteiger partial charge in [-0.05, 0) is 25.1 Å². The smallest absolute Gasteiger partial charge is 0.255 e. The fraction of sp³-hybridized carbons (Fsp3) is 0.364. The monoisotopic (exact) mass is 224 g/mol. The topological polar surface area (TPSA) is 84.6 Å². The van der Waals surface area contributed by atoms with Crippen molar-refractivity contribution in [3.63, 3.8) is 0 Å². The molecule has 0 atom stereocenters. The maximum absolute atomic E-state index is 11.6. The summed E-state index contributed by atoms with van der Waals surface area (Å²) in [5, 5.41) is 12.4. The van der Waals surface area contributed by atoms with Crippen LogP contribution in [0.25, 0.3) is 0 Å². The van der Waals surface area contributed by atoms with Crippen molar-refractivity contribution >= 4 is 5.91 Å². The summed E-state index contributed by atoms with van der Waals surface area (Å²) in [5.41, 5.74) is 5.51. The number of carbonyl (C=O) groups is 1. The Morgan fingerprint density at radius 3 is 2.94 bits per heavy atom. The van der Waals surface area contributed by atoms with Crippen LogP contribution in [0, 0.1) is 0 Å². The number of phenols is 1. The number of phenolic OH excluding ortho intramolecular Hbond substituents is 1. The molecule has 1 aromatic carbocycles. The lowest BCUT2D eigenvalue weighted by atomic mass is 10.1. The molecular formula is C11H16N2O3. The lowest BCUT2D eigenvalue weighted by Crippen LogP contribution is -2.26. The van der Waals surface area contributed by atoms with E-state index in [0.717, 1.165) is 0 Å². The zero-order valence-corrected chi connectivity index (χ0v) is 9.19. The molecule has 0 saturated carbocycles. The summed E-state index contributed by atoms with van der Waals surface area (Å²) in [6, 6.07) is 4.78. The fourth-order valence-electron chi connectivity index (χ4n) is 1.27. The van der Waals surface area contributed by atoms with Gasteiger partial charge >= 0.3 is 0 Å². The summed E-state index contributed by atoms with van der Waals surface area (Å²) in [6.07, 6.45) is 0.705. The zero-order valence-electron chi connectivity index (χ0n) is 9.19. The lowest BCUT2D eigenvalue weighted by Gasteiger charge is -2.08. The number of para-hydroxylation sites is 1. The van der Waals surface area contributed by atoms with Crippen molar-refractivity contribution in [2.24, 2.45) is 5.73 Å². The number of nitrogens with one attached hydrogen (secondary N) is 1. The van der Waals surface area contributed by atoms with Gasteiger partial charge in [-0.15, -0.1) is 0 Å². The van der Waals surface area contributed by atoms with E-state index in [0.29, 0.717) is 19.5 Å². The predicted octanol–water partition coefficient (Wildman–Crippen LogP) is 0.479. The molecule has 0 spiro atoms. The van der Waals surface area contributed by atoms with Gasteiger partial charge in [0.15, 0.2) is 11.5 Å². The van der Waals surface area contributed by atoms with Crippen molar-refractivity contribution < 1.29 is 14.6 Å². The molecule has 1 rings (SSSR count). The second kappa shape index (κ2) is 5.97. The van der Waals surface area contributed by atoms with E-state index in [1.807, 2.05) is 0 Å². The van der Waals surface area contributed by atoms with Crippen LogP contribution in [0.2, 0.25) is 0 Å². The summed E-state index contributed by atoms with van der Waals surface area (Å²) in [5.74, 6) is -0.188. The third kappa shape index (κ3) is 2.87. The number of methoxy groups -OCH3 is 1. The molecule has 5 nitrogen and oxygen atoms in total. The Labute approximate surface area is 94.2 Å². The molecule has 0 saturated heterocycles. The van der Waals surface area contributed by atoms with Gasteiger partial charge in [0.05, 0.1) is 12.7 Å². The molecule has 1 aromatic rings. The molecule has 0 unspecified atom stereocenters. The highest BCUT2D eigenvalue weighted by Crippen LogP contribution is 2.28. The minimum Gasteiger partial charge on any atom is -0.504 e. The molecule has 1 amide bonds. The lowest BCUT2D eigenvalue weighted by molar-refractivity contribution is 0.0950. The standard InChI is InChI=1S/C11H16N2O3/c1-16-9-5-2-4-8(10(9)14)11(15)13-7-3-6-12/h2,4-5,14H,3,6-7,12H2,1H3,(H,13,15). The molecule has 0 aliphatic heterocycles. The van der Waals surface area contributed by atoms with E-state index in [2.05, 4.69) is 5.32 Å². The second-order valence-electron chi connectivity index (χ2n) is 3.25. The number of amides is 1. The van der Waals surface area contributed by atoms with Gasteiger partial charge < -0.3 is 20.9 Å². The third-order valence-electron chi connectivity index (χ3n) is 2.13. The molecule has 0 aliphatic rings. The molecule has 0 aromatic heterocycles. The molecule has 4 N–H and O–H groups in total. The van der Waals surface area contributed by atoms with Crippen molar-refractivity contribution in [2.75, 3.05) is 20.2 Å². The fourth-order valence-corrected chi connectivity index (χ4v) is 1.27. The highest BCUT2D eigenvalue weighted by Gasteiger charge is 2.13. The largest absolute Gasteiger partial charge is 0.504 e. The van der Waals surface area contributed by atoms with Crippen molar-refractivity contribution in [2.45, 2.75) is 6.42 Å². The maximum atomic E-state index is 11.6. The van der Waals surface area contributed by atoms with Crippen molar-refractivity contribution in [1.29, 1.82) is 0 Å². The molecular weight excluding hydrogens is 208 g/mol. The maximum Gasteiger partial charge on any atom is 0.255 e. The number of rotatable bonds is 5. The highest BCUT2D eigenvalue weighted by molar-refractivity contribution is 5.97. The van der Waals surface area contributed by atoms with Gasteiger partial charge in [-0.3, -0.25) is 4.79 Å². The Bertz CT molecular complexity index is 366. The van der Waals surface area contributed by atoms with Crippen LogP contribution in [-0.4, -0.2) is 31.2 Å². The van der Waals surface area contributed by atoms with E-state index >= 15 is 0 Å². The van der Waals surface area contributed by atoms with E-state index in [1.54, 1.807) is 12.1 Å². The zero-order chi connectivity index (χ0) is 12.0. The SMILES string of the molecule is COc1cccc(C(=O)NCCCN)c1O. The summed E-state index contributed by atoms with van der Waals surface area (Å²) in [6.45, 7) is 1.01. The average molecular weight is 224 g/mol. The number of hydrogen-bond acceptors (Lipinski definition) is 4. The molecule has 0 radical (unpaired) electrons. The molecule has 5 heteroatoms. The van der Waals surface area contributed by atoms with Crippen LogP contribution < -0.4 is 15.8 Å². The first-order valence-electron chi connectivity index (χ1n) is 5.05. The number of nitrogens with two attached hydrogens (primary N) is 1. The van der Waals surface area contributed by atoms with Gasteiger partial charge in [0.2, 0.25) is 0 Å². The van der Waals surface area contributed by atoms with Gasteiger partial charge in [0, 0.05) is 6.54 Å². The van der Waals surface area contributed by atoms with Crippen molar-refractivity contribution in [3.8, 4) is 11.5 Å². The highest BCUT2D eigenvalue weighted by atomic mass is 16.5. The van der Waals surface area contributed by atoms with E-state index in [4.69, 9.17) is 10.5 Å². The number of ether oxygens (including phenoxy) is 1. The van der Waals surface area contributed by atoms with Gasteiger partial charge in [-0.1, -0.05) is 6.07 Å².